The normalized spacial score (nSPS) is 18.7. The molecule has 0 atom stereocenters. The second-order valence-corrected chi connectivity index (χ2v) is 7.08. The highest BCUT2D eigenvalue weighted by atomic mass is 19.1. The average Bonchev–Trinajstić information content (AvgIpc) is 2.68. The van der Waals surface area contributed by atoms with Crippen LogP contribution in [0.5, 0.6) is 0 Å². The van der Waals surface area contributed by atoms with E-state index in [2.05, 4.69) is 5.32 Å². The van der Waals surface area contributed by atoms with Crippen molar-refractivity contribution < 1.29 is 22.9 Å². The van der Waals surface area contributed by atoms with Crippen LogP contribution in [0.3, 0.4) is 0 Å². The molecule has 7 heteroatoms. The van der Waals surface area contributed by atoms with Crippen molar-refractivity contribution in [1.82, 2.24) is 5.32 Å². The molecular weight excluding hydrogens is 315 g/mol. The summed E-state index contributed by atoms with van der Waals surface area (Å²) in [6.45, 7) is 9.79. The van der Waals surface area contributed by atoms with Crippen molar-refractivity contribution in [3.63, 3.8) is 0 Å². The molecule has 0 unspecified atom stereocenters. The van der Waals surface area contributed by atoms with Crippen LogP contribution < -0.4 is 10.8 Å². The predicted molar refractivity (Wildman–Crippen MR) is 89.1 cm³/mol. The van der Waals surface area contributed by atoms with E-state index in [1.165, 1.54) is 0 Å². The monoisotopic (exact) mass is 339 g/mol. The molecule has 1 aromatic carbocycles. The van der Waals surface area contributed by atoms with Crippen molar-refractivity contribution in [2.45, 2.75) is 58.7 Å². The molecule has 1 N–H and O–H groups in total. The zero-order valence-corrected chi connectivity index (χ0v) is 14.8. The van der Waals surface area contributed by atoms with E-state index in [1.54, 1.807) is 0 Å². The molecule has 1 saturated heterocycles. The first-order chi connectivity index (χ1) is 11.1. The Morgan fingerprint density at radius 1 is 1.12 bits per heavy atom. The van der Waals surface area contributed by atoms with Crippen LogP contribution >= 0.6 is 0 Å². The molecule has 0 spiro atoms. The van der Waals surface area contributed by atoms with Gasteiger partial charge in [0, 0.05) is 12.0 Å². The molecular formula is C17H24BF2NO3. The highest BCUT2D eigenvalue weighted by Gasteiger charge is 2.52. The van der Waals surface area contributed by atoms with Crippen molar-refractivity contribution in [3.8, 4) is 0 Å². The minimum absolute atomic E-state index is 0.00358. The Kier molecular flexibility index (Phi) is 5.35. The van der Waals surface area contributed by atoms with Gasteiger partial charge in [0.1, 0.15) is 11.6 Å². The smallest absolute Gasteiger partial charge is 0.399 e. The maximum Gasteiger partial charge on any atom is 0.497 e. The molecule has 1 aromatic rings. The first kappa shape index (κ1) is 18.9. The molecule has 0 saturated carbocycles. The quantitative estimate of drug-likeness (QED) is 0.838. The van der Waals surface area contributed by atoms with Gasteiger partial charge in [-0.25, -0.2) is 8.78 Å². The Labute approximate surface area is 142 Å². The molecule has 24 heavy (non-hydrogen) atoms. The standard InChI is InChI=1S/C17H24BF2NO3/c1-6-7-21-15(22)9-11-8-14(20)12(10-13(11)19)18-23-16(2,3)17(4,5)24-18/h8,10H,6-7,9H2,1-5H3,(H,21,22). The molecule has 1 aliphatic heterocycles. The lowest BCUT2D eigenvalue weighted by atomic mass is 9.78. The lowest BCUT2D eigenvalue weighted by Crippen LogP contribution is -2.41. The Hall–Kier alpha value is -1.47. The zero-order valence-electron chi connectivity index (χ0n) is 14.8. The zero-order chi connectivity index (χ0) is 18.1. The summed E-state index contributed by atoms with van der Waals surface area (Å²) in [5, 5.41) is 2.64. The van der Waals surface area contributed by atoms with Gasteiger partial charge in [-0.3, -0.25) is 4.79 Å². The maximum absolute atomic E-state index is 14.4. The summed E-state index contributed by atoms with van der Waals surface area (Å²) in [6, 6.07) is 2.10. The second kappa shape index (κ2) is 6.80. The SMILES string of the molecule is CCCNC(=O)Cc1cc(F)c(B2OC(C)(C)C(C)(C)O2)cc1F. The number of hydrogen-bond donors (Lipinski definition) is 1. The van der Waals surface area contributed by atoms with E-state index in [4.69, 9.17) is 9.31 Å². The maximum atomic E-state index is 14.4. The molecule has 0 aliphatic carbocycles. The van der Waals surface area contributed by atoms with E-state index in [0.29, 0.717) is 6.54 Å². The summed E-state index contributed by atoms with van der Waals surface area (Å²) in [5.41, 5.74) is -1.26. The van der Waals surface area contributed by atoms with Gasteiger partial charge in [-0.1, -0.05) is 6.92 Å². The van der Waals surface area contributed by atoms with Crippen LogP contribution in [0.1, 0.15) is 46.6 Å². The van der Waals surface area contributed by atoms with Crippen LogP contribution in [-0.2, 0) is 20.5 Å². The van der Waals surface area contributed by atoms with Crippen molar-refractivity contribution in [1.29, 1.82) is 0 Å². The first-order valence-electron chi connectivity index (χ1n) is 8.17. The topological polar surface area (TPSA) is 47.6 Å². The molecule has 1 heterocycles. The number of carbonyl (C=O) groups is 1. The number of benzene rings is 1. The highest BCUT2D eigenvalue weighted by Crippen LogP contribution is 2.36. The van der Waals surface area contributed by atoms with Crippen LogP contribution in [0.2, 0.25) is 0 Å². The lowest BCUT2D eigenvalue weighted by molar-refractivity contribution is -0.120. The molecule has 1 fully saturated rings. The number of nitrogens with one attached hydrogen (secondary N) is 1. The number of halogens is 2. The van der Waals surface area contributed by atoms with Gasteiger partial charge in [0.05, 0.1) is 17.6 Å². The summed E-state index contributed by atoms with van der Waals surface area (Å²) in [5.74, 6) is -1.63. The Morgan fingerprint density at radius 2 is 1.71 bits per heavy atom. The van der Waals surface area contributed by atoms with Gasteiger partial charge in [0.2, 0.25) is 5.91 Å². The van der Waals surface area contributed by atoms with Crippen LogP contribution in [0, 0.1) is 11.6 Å². The molecule has 0 bridgehead atoms. The van der Waals surface area contributed by atoms with E-state index in [1.807, 2.05) is 34.6 Å². The second-order valence-electron chi connectivity index (χ2n) is 7.08. The molecule has 0 aromatic heterocycles. The third-order valence-electron chi connectivity index (χ3n) is 4.60. The Bertz CT molecular complexity index is 619. The lowest BCUT2D eigenvalue weighted by Gasteiger charge is -2.32. The van der Waals surface area contributed by atoms with Crippen LogP contribution in [0.15, 0.2) is 12.1 Å². The van der Waals surface area contributed by atoms with E-state index in [-0.39, 0.29) is 23.4 Å². The van der Waals surface area contributed by atoms with Crippen molar-refractivity contribution in [2.75, 3.05) is 6.54 Å². The summed E-state index contributed by atoms with van der Waals surface area (Å²) in [6.07, 6.45) is 0.579. The summed E-state index contributed by atoms with van der Waals surface area (Å²) in [4.78, 5) is 11.7. The minimum atomic E-state index is -0.979. The fraction of sp³-hybridized carbons (Fsp3) is 0.588. The van der Waals surface area contributed by atoms with Crippen LogP contribution in [0.4, 0.5) is 8.78 Å². The van der Waals surface area contributed by atoms with Gasteiger partial charge >= 0.3 is 7.12 Å². The number of amides is 1. The fourth-order valence-corrected chi connectivity index (χ4v) is 2.39. The predicted octanol–water partition coefficient (Wildman–Crippen LogP) is 2.33. The summed E-state index contributed by atoms with van der Waals surface area (Å²) in [7, 11) is -0.979. The van der Waals surface area contributed by atoms with E-state index >= 15 is 0 Å². The molecule has 2 rings (SSSR count). The number of hydrogen-bond acceptors (Lipinski definition) is 3. The van der Waals surface area contributed by atoms with Gasteiger partial charge in [0.25, 0.3) is 0 Å². The number of carbonyl (C=O) groups excluding carboxylic acids is 1. The van der Waals surface area contributed by atoms with Gasteiger partial charge in [0.15, 0.2) is 0 Å². The minimum Gasteiger partial charge on any atom is -0.399 e. The number of rotatable bonds is 5. The average molecular weight is 339 g/mol. The summed E-state index contributed by atoms with van der Waals surface area (Å²) < 4.78 is 40.2. The Morgan fingerprint density at radius 3 is 2.25 bits per heavy atom. The molecule has 1 aliphatic rings. The van der Waals surface area contributed by atoms with Crippen LogP contribution in [0.25, 0.3) is 0 Å². The molecule has 0 radical (unpaired) electrons. The van der Waals surface area contributed by atoms with Gasteiger partial charge in [-0.2, -0.15) is 0 Å². The van der Waals surface area contributed by atoms with E-state index in [9.17, 15) is 13.6 Å². The first-order valence-corrected chi connectivity index (χ1v) is 8.17. The molecule has 132 valence electrons. The third kappa shape index (κ3) is 3.78. The van der Waals surface area contributed by atoms with Crippen molar-refractivity contribution >= 4 is 18.5 Å². The summed E-state index contributed by atoms with van der Waals surface area (Å²) >= 11 is 0. The molecule has 1 amide bonds. The van der Waals surface area contributed by atoms with Crippen molar-refractivity contribution in [3.05, 3.63) is 29.3 Å². The van der Waals surface area contributed by atoms with E-state index in [0.717, 1.165) is 18.6 Å². The largest absolute Gasteiger partial charge is 0.497 e. The van der Waals surface area contributed by atoms with Crippen molar-refractivity contribution in [2.24, 2.45) is 0 Å². The van der Waals surface area contributed by atoms with Gasteiger partial charge < -0.3 is 14.6 Å². The van der Waals surface area contributed by atoms with E-state index < -0.39 is 30.0 Å². The highest BCUT2D eigenvalue weighted by molar-refractivity contribution is 6.62. The fourth-order valence-electron chi connectivity index (χ4n) is 2.39. The third-order valence-corrected chi connectivity index (χ3v) is 4.60. The van der Waals surface area contributed by atoms with Crippen LogP contribution in [-0.4, -0.2) is 30.8 Å². The Balaban J connectivity index is 2.20. The molecule has 4 nitrogen and oxygen atoms in total. The van der Waals surface area contributed by atoms with Gasteiger partial charge in [-0.05, 0) is 51.8 Å². The van der Waals surface area contributed by atoms with Gasteiger partial charge in [-0.15, -0.1) is 0 Å².